The van der Waals surface area contributed by atoms with Crippen molar-refractivity contribution in [3.8, 4) is 0 Å². The molecule has 6 heteroatoms. The van der Waals surface area contributed by atoms with Gasteiger partial charge in [-0.3, -0.25) is 14.5 Å². The Labute approximate surface area is 115 Å². The van der Waals surface area contributed by atoms with Crippen molar-refractivity contribution in [2.24, 2.45) is 0 Å². The number of hydrogen-bond acceptors (Lipinski definition) is 2. The summed E-state index contributed by atoms with van der Waals surface area (Å²) >= 11 is 0. The van der Waals surface area contributed by atoms with Gasteiger partial charge in [0.05, 0.1) is 0 Å². The summed E-state index contributed by atoms with van der Waals surface area (Å²) in [5.74, 6) is -2.61. The van der Waals surface area contributed by atoms with Gasteiger partial charge in [0, 0.05) is 0 Å². The average molecular weight is 282 g/mol. The van der Waals surface area contributed by atoms with Crippen molar-refractivity contribution in [2.75, 3.05) is 11.4 Å². The van der Waals surface area contributed by atoms with Gasteiger partial charge in [0.2, 0.25) is 5.91 Å². The zero-order valence-electron chi connectivity index (χ0n) is 11.6. The molecule has 0 saturated carbocycles. The van der Waals surface area contributed by atoms with Gasteiger partial charge < -0.3 is 5.32 Å². The molecule has 0 aliphatic carbocycles. The third-order valence-corrected chi connectivity index (χ3v) is 3.67. The van der Waals surface area contributed by atoms with Gasteiger partial charge >= 0.3 is 0 Å². The number of aryl methyl sites for hydroxylation is 1. The fourth-order valence-corrected chi connectivity index (χ4v) is 2.22. The van der Waals surface area contributed by atoms with E-state index < -0.39 is 34.7 Å². The number of carbonyl (C=O) groups excluding carboxylic acids is 2. The number of piperazine rings is 1. The Kier molecular flexibility index (Phi) is 3.50. The van der Waals surface area contributed by atoms with Crippen LogP contribution in [0, 0.1) is 18.6 Å². The molecule has 1 saturated heterocycles. The summed E-state index contributed by atoms with van der Waals surface area (Å²) in [5.41, 5.74) is -1.37. The highest BCUT2D eigenvalue weighted by molar-refractivity contribution is 6.09. The summed E-state index contributed by atoms with van der Waals surface area (Å²) in [6, 6.07) is 2.39. The van der Waals surface area contributed by atoms with Crippen molar-refractivity contribution in [2.45, 2.75) is 32.7 Å². The van der Waals surface area contributed by atoms with E-state index in [2.05, 4.69) is 5.32 Å². The highest BCUT2D eigenvalue weighted by Crippen LogP contribution is 2.30. The van der Waals surface area contributed by atoms with Gasteiger partial charge in [-0.25, -0.2) is 8.78 Å². The molecule has 1 unspecified atom stereocenters. The van der Waals surface area contributed by atoms with Gasteiger partial charge in [0.15, 0.2) is 5.82 Å². The van der Waals surface area contributed by atoms with Crippen molar-refractivity contribution in [3.63, 3.8) is 0 Å². The van der Waals surface area contributed by atoms with Gasteiger partial charge in [-0.05, 0) is 31.9 Å². The van der Waals surface area contributed by atoms with E-state index in [1.54, 1.807) is 13.8 Å². The Morgan fingerprint density at radius 1 is 1.35 bits per heavy atom. The molecule has 4 nitrogen and oxygen atoms in total. The van der Waals surface area contributed by atoms with Crippen LogP contribution in [0.2, 0.25) is 0 Å². The number of benzene rings is 1. The zero-order valence-corrected chi connectivity index (χ0v) is 11.6. The number of amides is 2. The van der Waals surface area contributed by atoms with Gasteiger partial charge in [-0.2, -0.15) is 0 Å². The molecule has 1 aliphatic heterocycles. The highest BCUT2D eigenvalue weighted by Gasteiger charge is 2.43. The SMILES string of the molecule is CCC1(C)NC(=O)CN(c2c(F)ccc(C)c2F)C1=O. The van der Waals surface area contributed by atoms with E-state index in [0.29, 0.717) is 6.42 Å². The normalized spacial score (nSPS) is 22.9. The predicted molar refractivity (Wildman–Crippen MR) is 70.3 cm³/mol. The van der Waals surface area contributed by atoms with E-state index in [1.807, 2.05) is 0 Å². The molecule has 0 bridgehead atoms. The van der Waals surface area contributed by atoms with Crippen LogP contribution in [0.1, 0.15) is 25.8 Å². The number of rotatable bonds is 2. The van der Waals surface area contributed by atoms with E-state index >= 15 is 0 Å². The number of nitrogens with one attached hydrogen (secondary N) is 1. The van der Waals surface area contributed by atoms with E-state index in [1.165, 1.54) is 13.0 Å². The minimum absolute atomic E-state index is 0.221. The third-order valence-electron chi connectivity index (χ3n) is 3.67. The van der Waals surface area contributed by atoms with Crippen LogP contribution >= 0.6 is 0 Å². The molecule has 1 N–H and O–H groups in total. The average Bonchev–Trinajstić information content (AvgIpc) is 2.40. The van der Waals surface area contributed by atoms with E-state index in [4.69, 9.17) is 0 Å². The summed E-state index contributed by atoms with van der Waals surface area (Å²) in [6.45, 7) is 4.37. The van der Waals surface area contributed by atoms with Crippen LogP contribution in [0.3, 0.4) is 0 Å². The molecule has 0 radical (unpaired) electrons. The first kappa shape index (κ1) is 14.4. The number of halogens is 2. The maximum absolute atomic E-state index is 14.1. The second-order valence-corrected chi connectivity index (χ2v) is 5.15. The summed E-state index contributed by atoms with van der Waals surface area (Å²) in [5, 5.41) is 2.57. The summed E-state index contributed by atoms with van der Waals surface area (Å²) in [7, 11) is 0. The van der Waals surface area contributed by atoms with Crippen LogP contribution in [-0.4, -0.2) is 23.9 Å². The molecule has 2 amide bonds. The largest absolute Gasteiger partial charge is 0.340 e. The Hall–Kier alpha value is -1.98. The molecular formula is C14H16F2N2O2. The number of nitrogens with zero attached hydrogens (tertiary/aromatic N) is 1. The van der Waals surface area contributed by atoms with Crippen molar-refractivity contribution in [3.05, 3.63) is 29.3 Å². The van der Waals surface area contributed by atoms with Crippen LogP contribution in [0.25, 0.3) is 0 Å². The first-order chi connectivity index (χ1) is 9.30. The first-order valence-electron chi connectivity index (χ1n) is 6.37. The fraction of sp³-hybridized carbons (Fsp3) is 0.429. The second kappa shape index (κ2) is 4.85. The molecule has 1 fully saturated rings. The molecule has 108 valence electrons. The quantitative estimate of drug-likeness (QED) is 0.900. The van der Waals surface area contributed by atoms with Crippen LogP contribution in [0.4, 0.5) is 14.5 Å². The summed E-state index contributed by atoms with van der Waals surface area (Å²) in [4.78, 5) is 25.0. The van der Waals surface area contributed by atoms with Crippen molar-refractivity contribution in [1.82, 2.24) is 5.32 Å². The molecule has 1 heterocycles. The molecule has 20 heavy (non-hydrogen) atoms. The molecule has 0 spiro atoms. The molecule has 2 rings (SSSR count). The van der Waals surface area contributed by atoms with Crippen molar-refractivity contribution >= 4 is 17.5 Å². The van der Waals surface area contributed by atoms with E-state index in [-0.39, 0.29) is 12.1 Å². The van der Waals surface area contributed by atoms with Crippen LogP contribution < -0.4 is 10.2 Å². The van der Waals surface area contributed by atoms with Gasteiger partial charge in [-0.1, -0.05) is 13.0 Å². The second-order valence-electron chi connectivity index (χ2n) is 5.15. The van der Waals surface area contributed by atoms with Gasteiger partial charge in [0.1, 0.15) is 23.6 Å². The monoisotopic (exact) mass is 282 g/mol. The number of carbonyl (C=O) groups is 2. The Bertz CT molecular complexity index is 589. The topological polar surface area (TPSA) is 49.4 Å². The van der Waals surface area contributed by atoms with E-state index in [9.17, 15) is 18.4 Å². The zero-order chi connectivity index (χ0) is 15.1. The lowest BCUT2D eigenvalue weighted by atomic mass is 9.93. The number of hydrogen-bond donors (Lipinski definition) is 1. The van der Waals surface area contributed by atoms with Crippen LogP contribution in [0.5, 0.6) is 0 Å². The Morgan fingerprint density at radius 3 is 2.60 bits per heavy atom. The standard InChI is InChI=1S/C14H16F2N2O2/c1-4-14(3)13(20)18(7-10(19)17-14)12-9(15)6-5-8(2)11(12)16/h5-6H,4,7H2,1-3H3,(H,17,19). The summed E-state index contributed by atoms with van der Waals surface area (Å²) < 4.78 is 28.0. The lowest BCUT2D eigenvalue weighted by molar-refractivity contribution is -0.135. The summed E-state index contributed by atoms with van der Waals surface area (Å²) in [6.07, 6.45) is 0.336. The molecule has 1 aromatic rings. The minimum Gasteiger partial charge on any atom is -0.340 e. The Balaban J connectivity index is 2.55. The third kappa shape index (κ3) is 2.15. The highest BCUT2D eigenvalue weighted by atomic mass is 19.1. The van der Waals surface area contributed by atoms with E-state index in [0.717, 1.165) is 11.0 Å². The Morgan fingerprint density at radius 2 is 2.00 bits per heavy atom. The van der Waals surface area contributed by atoms with Crippen LogP contribution in [-0.2, 0) is 9.59 Å². The predicted octanol–water partition coefficient (Wildman–Crippen LogP) is 1.90. The maximum atomic E-state index is 14.1. The van der Waals surface area contributed by atoms with Crippen molar-refractivity contribution in [1.29, 1.82) is 0 Å². The van der Waals surface area contributed by atoms with Crippen LogP contribution in [0.15, 0.2) is 12.1 Å². The molecule has 0 aromatic heterocycles. The number of anilines is 1. The maximum Gasteiger partial charge on any atom is 0.253 e. The van der Waals surface area contributed by atoms with Crippen molar-refractivity contribution < 1.29 is 18.4 Å². The molecular weight excluding hydrogens is 266 g/mol. The smallest absolute Gasteiger partial charge is 0.253 e. The lowest BCUT2D eigenvalue weighted by Crippen LogP contribution is -2.65. The fourth-order valence-electron chi connectivity index (χ4n) is 2.22. The minimum atomic E-state index is -1.14. The van der Waals surface area contributed by atoms with Gasteiger partial charge in [0.25, 0.3) is 5.91 Å². The molecule has 1 aromatic carbocycles. The molecule has 1 aliphatic rings. The first-order valence-corrected chi connectivity index (χ1v) is 6.37. The lowest BCUT2D eigenvalue weighted by Gasteiger charge is -2.39. The van der Waals surface area contributed by atoms with Gasteiger partial charge in [-0.15, -0.1) is 0 Å². The molecule has 1 atom stereocenters.